The van der Waals surface area contributed by atoms with Crippen LogP contribution in [0.5, 0.6) is 0 Å². The third-order valence-electron chi connectivity index (χ3n) is 4.30. The van der Waals surface area contributed by atoms with Crippen LogP contribution in [0.25, 0.3) is 0 Å². The maximum Gasteiger partial charge on any atom is 0.341 e. The Kier molecular flexibility index (Phi) is 6.21. The number of likely N-dealkylation sites (tertiary alicyclic amines) is 1. The van der Waals surface area contributed by atoms with Gasteiger partial charge in [-0.25, -0.2) is 9.78 Å². The average Bonchev–Trinajstić information content (AvgIpc) is 2.98. The lowest BCUT2D eigenvalue weighted by atomic mass is 10.1. The van der Waals surface area contributed by atoms with Crippen LogP contribution in [0.4, 0.5) is 5.69 Å². The molecule has 0 saturated carbocycles. The summed E-state index contributed by atoms with van der Waals surface area (Å²) < 4.78 is 5.04. The number of carbonyl (C=O) groups is 4. The number of ether oxygens (including phenoxy) is 1. The molecule has 1 aliphatic heterocycles. The normalized spacial score (nSPS) is 15.9. The van der Waals surface area contributed by atoms with Gasteiger partial charge in [0, 0.05) is 37.4 Å². The second-order valence-corrected chi connectivity index (χ2v) is 7.46. The number of benzene rings is 1. The van der Waals surface area contributed by atoms with Gasteiger partial charge < -0.3 is 4.74 Å². The summed E-state index contributed by atoms with van der Waals surface area (Å²) in [5.41, 5.74) is -0.168. The van der Waals surface area contributed by atoms with Gasteiger partial charge in [0.25, 0.3) is 5.69 Å². The number of non-ortho nitro benzene ring substituents is 1. The first kappa shape index (κ1) is 21.1. The van der Waals surface area contributed by atoms with Crippen molar-refractivity contribution in [3.05, 3.63) is 63.8 Å². The predicted molar refractivity (Wildman–Crippen MR) is 104 cm³/mol. The van der Waals surface area contributed by atoms with Crippen molar-refractivity contribution in [1.82, 2.24) is 9.88 Å². The molecule has 30 heavy (non-hydrogen) atoms. The van der Waals surface area contributed by atoms with E-state index in [1.54, 1.807) is 0 Å². The predicted octanol–water partition coefficient (Wildman–Crippen LogP) is 1.88. The minimum atomic E-state index is -0.838. The maximum atomic E-state index is 12.5. The Balaban J connectivity index is 1.68. The topological polar surface area (TPSA) is 137 Å². The summed E-state index contributed by atoms with van der Waals surface area (Å²) in [6, 6.07) is 8.01. The second kappa shape index (κ2) is 8.82. The number of hydrogen-bond donors (Lipinski definition) is 0. The van der Waals surface area contributed by atoms with Crippen LogP contribution in [-0.4, -0.2) is 57.3 Å². The molecule has 2 heterocycles. The molecule has 1 aromatic carbocycles. The Morgan fingerprint density at radius 1 is 1.30 bits per heavy atom. The van der Waals surface area contributed by atoms with Crippen LogP contribution < -0.4 is 0 Å². The number of nitro groups is 1. The van der Waals surface area contributed by atoms with Crippen molar-refractivity contribution in [3.63, 3.8) is 0 Å². The van der Waals surface area contributed by atoms with Crippen molar-refractivity contribution in [2.45, 2.75) is 16.7 Å². The van der Waals surface area contributed by atoms with Crippen LogP contribution in [0.1, 0.15) is 27.1 Å². The molecule has 2 amide bonds. The number of hydrogen-bond acceptors (Lipinski definition) is 9. The van der Waals surface area contributed by atoms with E-state index in [1.165, 1.54) is 43.6 Å². The fourth-order valence-corrected chi connectivity index (χ4v) is 3.83. The first-order valence-electron chi connectivity index (χ1n) is 8.64. The first-order chi connectivity index (χ1) is 14.3. The van der Waals surface area contributed by atoms with Crippen molar-refractivity contribution in [3.8, 4) is 0 Å². The zero-order valence-electron chi connectivity index (χ0n) is 15.6. The summed E-state index contributed by atoms with van der Waals surface area (Å²) in [5.74, 6) is -2.14. The summed E-state index contributed by atoms with van der Waals surface area (Å²) in [4.78, 5) is 63.8. The largest absolute Gasteiger partial charge is 0.454 e. The number of thioether (sulfide) groups is 1. The Bertz CT molecular complexity index is 1060. The van der Waals surface area contributed by atoms with Gasteiger partial charge in [-0.15, -0.1) is 0 Å². The second-order valence-electron chi connectivity index (χ2n) is 6.26. The highest BCUT2D eigenvalue weighted by Gasteiger charge is 2.37. The number of carbonyl (C=O) groups excluding carboxylic acids is 4. The minimum absolute atomic E-state index is 0.00364. The number of nitrogens with zero attached hydrogens (tertiary/aromatic N) is 3. The van der Waals surface area contributed by atoms with E-state index in [-0.39, 0.29) is 40.1 Å². The molecule has 11 heteroatoms. The van der Waals surface area contributed by atoms with Crippen LogP contribution in [0.15, 0.2) is 47.6 Å². The van der Waals surface area contributed by atoms with E-state index in [0.29, 0.717) is 0 Å². The molecule has 0 spiro atoms. The number of rotatable bonds is 7. The van der Waals surface area contributed by atoms with Gasteiger partial charge in [-0.3, -0.25) is 29.4 Å². The van der Waals surface area contributed by atoms with Gasteiger partial charge in [0.2, 0.25) is 17.6 Å². The SMILES string of the molecule is CN1C(=O)CC(Sc2ncccc2C(=O)OCC(=O)c2cccc([N+](=O)[O-])c2)C1=O. The van der Waals surface area contributed by atoms with Crippen LogP contribution in [0, 0.1) is 10.1 Å². The summed E-state index contributed by atoms with van der Waals surface area (Å²) in [6.45, 7) is -0.622. The molecule has 1 saturated heterocycles. The summed E-state index contributed by atoms with van der Waals surface area (Å²) in [7, 11) is 1.39. The van der Waals surface area contributed by atoms with Gasteiger partial charge in [-0.2, -0.15) is 0 Å². The van der Waals surface area contributed by atoms with Crippen molar-refractivity contribution in [1.29, 1.82) is 0 Å². The van der Waals surface area contributed by atoms with Crippen molar-refractivity contribution in [2.24, 2.45) is 0 Å². The van der Waals surface area contributed by atoms with Crippen molar-refractivity contribution < 1.29 is 28.8 Å². The smallest absolute Gasteiger partial charge is 0.341 e. The molecule has 0 aliphatic carbocycles. The summed E-state index contributed by atoms with van der Waals surface area (Å²) in [6.07, 6.45) is 1.43. The molecular formula is C19H15N3O7S. The van der Waals surface area contributed by atoms with Gasteiger partial charge in [-0.1, -0.05) is 23.9 Å². The Morgan fingerprint density at radius 2 is 2.07 bits per heavy atom. The van der Waals surface area contributed by atoms with Crippen LogP contribution in [0.2, 0.25) is 0 Å². The van der Waals surface area contributed by atoms with Gasteiger partial charge in [-0.05, 0) is 12.1 Å². The molecule has 0 radical (unpaired) electrons. The number of Topliss-reactive ketones (excluding diaryl/α,β-unsaturated/α-hetero) is 1. The Morgan fingerprint density at radius 3 is 2.73 bits per heavy atom. The minimum Gasteiger partial charge on any atom is -0.454 e. The molecule has 1 aromatic heterocycles. The van der Waals surface area contributed by atoms with Gasteiger partial charge in [0.15, 0.2) is 6.61 Å². The molecule has 1 aliphatic rings. The molecule has 1 atom stereocenters. The Labute approximate surface area is 174 Å². The zero-order chi connectivity index (χ0) is 21.8. The number of ketones is 1. The molecule has 0 bridgehead atoms. The number of nitro benzene ring substituents is 1. The number of amides is 2. The van der Waals surface area contributed by atoms with E-state index in [1.807, 2.05) is 0 Å². The quantitative estimate of drug-likeness (QED) is 0.212. The van der Waals surface area contributed by atoms with E-state index >= 15 is 0 Å². The summed E-state index contributed by atoms with van der Waals surface area (Å²) >= 11 is 0.974. The van der Waals surface area contributed by atoms with E-state index < -0.39 is 28.5 Å². The summed E-state index contributed by atoms with van der Waals surface area (Å²) in [5, 5.41) is 10.3. The molecule has 0 N–H and O–H groups in total. The molecule has 3 rings (SSSR count). The lowest BCUT2D eigenvalue weighted by Crippen LogP contribution is -2.26. The fraction of sp³-hybridized carbons (Fsp3) is 0.211. The molecule has 1 fully saturated rings. The lowest BCUT2D eigenvalue weighted by molar-refractivity contribution is -0.384. The number of esters is 1. The first-order valence-corrected chi connectivity index (χ1v) is 9.52. The number of imide groups is 1. The highest BCUT2D eigenvalue weighted by Crippen LogP contribution is 2.31. The maximum absolute atomic E-state index is 12.5. The molecule has 2 aromatic rings. The molecule has 1 unspecified atom stereocenters. The van der Waals surface area contributed by atoms with Crippen LogP contribution >= 0.6 is 11.8 Å². The lowest BCUT2D eigenvalue weighted by Gasteiger charge is -2.11. The van der Waals surface area contributed by atoms with Crippen LogP contribution in [-0.2, 0) is 14.3 Å². The fourth-order valence-electron chi connectivity index (χ4n) is 2.67. The van der Waals surface area contributed by atoms with Gasteiger partial charge in [0.1, 0.15) is 5.03 Å². The van der Waals surface area contributed by atoms with Gasteiger partial charge >= 0.3 is 5.97 Å². The zero-order valence-corrected chi connectivity index (χ0v) is 16.5. The average molecular weight is 429 g/mol. The van der Waals surface area contributed by atoms with Crippen molar-refractivity contribution in [2.75, 3.05) is 13.7 Å². The highest BCUT2D eigenvalue weighted by atomic mass is 32.2. The third kappa shape index (κ3) is 4.51. The number of aromatic nitrogens is 1. The van der Waals surface area contributed by atoms with E-state index in [9.17, 15) is 29.3 Å². The Hall–Kier alpha value is -3.60. The van der Waals surface area contributed by atoms with Crippen molar-refractivity contribution >= 4 is 41.0 Å². The standard InChI is InChI=1S/C19H15N3O7S/c1-21-16(24)9-15(18(21)25)30-17-13(6-3-7-20-17)19(26)29-10-14(23)11-4-2-5-12(8-11)22(27)28/h2-8,15H,9-10H2,1H3. The van der Waals surface area contributed by atoms with Crippen LogP contribution in [0.3, 0.4) is 0 Å². The monoisotopic (exact) mass is 429 g/mol. The van der Waals surface area contributed by atoms with E-state index in [0.717, 1.165) is 22.7 Å². The van der Waals surface area contributed by atoms with E-state index in [4.69, 9.17) is 4.74 Å². The highest BCUT2D eigenvalue weighted by molar-refractivity contribution is 8.00. The third-order valence-corrected chi connectivity index (χ3v) is 5.50. The molecule has 154 valence electrons. The van der Waals surface area contributed by atoms with E-state index in [2.05, 4.69) is 4.98 Å². The molecular weight excluding hydrogens is 414 g/mol. The van der Waals surface area contributed by atoms with Gasteiger partial charge in [0.05, 0.1) is 15.7 Å². The molecule has 10 nitrogen and oxygen atoms in total. The number of pyridine rings is 1.